The molecule has 2 aliphatic heterocycles. The van der Waals surface area contributed by atoms with Crippen molar-refractivity contribution in [3.8, 4) is 0 Å². The number of halogens is 2. The van der Waals surface area contributed by atoms with Gasteiger partial charge < -0.3 is 5.32 Å². The largest absolute Gasteiger partial charge is 0.334 e. The molecule has 2 unspecified atom stereocenters. The number of nitrogens with one attached hydrogen (secondary N) is 3. The van der Waals surface area contributed by atoms with Crippen molar-refractivity contribution >= 4 is 17.5 Å². The number of carbonyl (C=O) groups is 2. The molecule has 0 aromatic heterocycles. The Morgan fingerprint density at radius 3 is 2.67 bits per heavy atom. The molecule has 2 atom stereocenters. The van der Waals surface area contributed by atoms with Crippen LogP contribution in [0.25, 0.3) is 0 Å². The summed E-state index contributed by atoms with van der Waals surface area (Å²) in [7, 11) is 1.49. The SMILES string of the molecule is CN1N=C(C(=O)NC2CC(c3c(F)cccc3F)NN2)CCC1=O. The fraction of sp³-hybridized carbons (Fsp3) is 0.400. The van der Waals surface area contributed by atoms with Crippen LogP contribution < -0.4 is 16.2 Å². The molecule has 2 aliphatic rings. The maximum atomic E-state index is 13.8. The number of hydrogen-bond acceptors (Lipinski definition) is 5. The molecule has 9 heteroatoms. The minimum atomic E-state index is -0.641. The molecule has 7 nitrogen and oxygen atoms in total. The van der Waals surface area contributed by atoms with Crippen LogP contribution in [0.2, 0.25) is 0 Å². The van der Waals surface area contributed by atoms with Crippen LogP contribution in [-0.2, 0) is 9.59 Å². The van der Waals surface area contributed by atoms with Crippen LogP contribution in [0.4, 0.5) is 8.78 Å². The van der Waals surface area contributed by atoms with Crippen molar-refractivity contribution in [3.05, 3.63) is 35.4 Å². The number of nitrogens with zero attached hydrogens (tertiary/aromatic N) is 2. The highest BCUT2D eigenvalue weighted by atomic mass is 19.1. The van der Waals surface area contributed by atoms with E-state index < -0.39 is 29.7 Å². The Morgan fingerprint density at radius 1 is 1.29 bits per heavy atom. The first-order valence-corrected chi connectivity index (χ1v) is 7.55. The maximum absolute atomic E-state index is 13.8. The van der Waals surface area contributed by atoms with Gasteiger partial charge in [-0.15, -0.1) is 0 Å². The smallest absolute Gasteiger partial charge is 0.268 e. The summed E-state index contributed by atoms with van der Waals surface area (Å²) < 4.78 is 27.6. The Bertz CT molecular complexity index is 689. The van der Waals surface area contributed by atoms with Gasteiger partial charge in [0.15, 0.2) is 0 Å². The number of hydrogen-bond donors (Lipinski definition) is 3. The topological polar surface area (TPSA) is 85.8 Å². The van der Waals surface area contributed by atoms with Crippen molar-refractivity contribution in [3.63, 3.8) is 0 Å². The molecule has 0 radical (unpaired) electrons. The number of hydrazone groups is 1. The molecule has 3 N–H and O–H groups in total. The lowest BCUT2D eigenvalue weighted by Gasteiger charge is -2.20. The molecule has 128 valence electrons. The van der Waals surface area contributed by atoms with Gasteiger partial charge in [0, 0.05) is 31.9 Å². The van der Waals surface area contributed by atoms with Crippen LogP contribution in [0.5, 0.6) is 0 Å². The first kappa shape index (κ1) is 16.5. The highest BCUT2D eigenvalue weighted by molar-refractivity contribution is 6.39. The minimum Gasteiger partial charge on any atom is -0.334 e. The molecule has 3 rings (SSSR count). The summed E-state index contributed by atoms with van der Waals surface area (Å²) in [6.45, 7) is 0. The van der Waals surface area contributed by atoms with E-state index in [9.17, 15) is 18.4 Å². The van der Waals surface area contributed by atoms with Crippen molar-refractivity contribution < 1.29 is 18.4 Å². The first-order valence-electron chi connectivity index (χ1n) is 7.55. The zero-order valence-corrected chi connectivity index (χ0v) is 13.0. The quantitative estimate of drug-likeness (QED) is 0.752. The lowest BCUT2D eigenvalue weighted by molar-refractivity contribution is -0.130. The van der Waals surface area contributed by atoms with Gasteiger partial charge in [-0.1, -0.05) is 6.07 Å². The number of benzene rings is 1. The summed E-state index contributed by atoms with van der Waals surface area (Å²) in [4.78, 5) is 23.6. The second kappa shape index (κ2) is 6.62. The van der Waals surface area contributed by atoms with Gasteiger partial charge in [0.1, 0.15) is 17.3 Å². The van der Waals surface area contributed by atoms with Crippen LogP contribution in [0.15, 0.2) is 23.3 Å². The van der Waals surface area contributed by atoms with Crippen LogP contribution in [0, 0.1) is 11.6 Å². The van der Waals surface area contributed by atoms with Crippen LogP contribution in [0.1, 0.15) is 30.9 Å². The van der Waals surface area contributed by atoms with Crippen LogP contribution in [-0.4, -0.2) is 35.7 Å². The third-order valence-corrected chi connectivity index (χ3v) is 4.03. The maximum Gasteiger partial charge on any atom is 0.268 e. The summed E-state index contributed by atoms with van der Waals surface area (Å²) in [6.07, 6.45) is 0.251. The van der Waals surface area contributed by atoms with Crippen molar-refractivity contribution in [2.45, 2.75) is 31.5 Å². The third-order valence-electron chi connectivity index (χ3n) is 4.03. The molecule has 0 aliphatic carbocycles. The van der Waals surface area contributed by atoms with Gasteiger partial charge in [0.05, 0.1) is 12.2 Å². The summed E-state index contributed by atoms with van der Waals surface area (Å²) in [6, 6.07) is 3.08. The molecular formula is C15H17F2N5O2. The van der Waals surface area contributed by atoms with Gasteiger partial charge in [-0.25, -0.2) is 24.6 Å². The molecule has 2 heterocycles. The standard InChI is InChI=1S/C15H17F2N5O2/c1-22-13(23)6-5-10(21-22)15(24)18-12-7-11(19-20-12)14-8(16)3-2-4-9(14)17/h2-4,11-12,19-20H,5-7H2,1H3,(H,18,24). The first-order chi connectivity index (χ1) is 11.5. The van der Waals surface area contributed by atoms with Crippen molar-refractivity contribution in [1.29, 1.82) is 0 Å². The van der Waals surface area contributed by atoms with Crippen molar-refractivity contribution in [2.24, 2.45) is 5.10 Å². The molecule has 24 heavy (non-hydrogen) atoms. The molecule has 1 aromatic carbocycles. The molecule has 1 saturated heterocycles. The lowest BCUT2D eigenvalue weighted by atomic mass is 10.0. The second-order valence-corrected chi connectivity index (χ2v) is 5.70. The van der Waals surface area contributed by atoms with E-state index >= 15 is 0 Å². The highest BCUT2D eigenvalue weighted by Crippen LogP contribution is 2.26. The van der Waals surface area contributed by atoms with E-state index in [0.717, 1.165) is 5.01 Å². The molecule has 2 amide bonds. The molecule has 1 fully saturated rings. The number of carbonyl (C=O) groups excluding carboxylic acids is 2. The third kappa shape index (κ3) is 3.26. The molecule has 0 saturated carbocycles. The Kier molecular flexibility index (Phi) is 4.54. The Morgan fingerprint density at radius 2 is 2.00 bits per heavy atom. The summed E-state index contributed by atoms with van der Waals surface area (Å²) >= 11 is 0. The summed E-state index contributed by atoms with van der Waals surface area (Å²) in [5.74, 6) is -1.85. The Balaban J connectivity index is 1.63. The highest BCUT2D eigenvalue weighted by Gasteiger charge is 2.31. The average molecular weight is 337 g/mol. The lowest BCUT2D eigenvalue weighted by Crippen LogP contribution is -2.47. The predicted octanol–water partition coefficient (Wildman–Crippen LogP) is 0.554. The number of hydrazine groups is 1. The molecule has 0 bridgehead atoms. The van der Waals surface area contributed by atoms with Gasteiger partial charge in [-0.3, -0.25) is 9.59 Å². The monoisotopic (exact) mass is 337 g/mol. The Hall–Kier alpha value is -2.39. The van der Waals surface area contributed by atoms with E-state index in [1.54, 1.807) is 0 Å². The number of amides is 2. The molecule has 0 spiro atoms. The fourth-order valence-electron chi connectivity index (χ4n) is 2.76. The average Bonchev–Trinajstić information content (AvgIpc) is 2.98. The normalized spacial score (nSPS) is 24.0. The van der Waals surface area contributed by atoms with E-state index in [-0.39, 0.29) is 36.4 Å². The van der Waals surface area contributed by atoms with E-state index in [1.165, 1.54) is 25.2 Å². The Labute approximate surface area is 137 Å². The van der Waals surface area contributed by atoms with Gasteiger partial charge in [0.2, 0.25) is 5.91 Å². The van der Waals surface area contributed by atoms with Gasteiger partial charge in [0.25, 0.3) is 5.91 Å². The summed E-state index contributed by atoms with van der Waals surface area (Å²) in [5.41, 5.74) is 5.76. The van der Waals surface area contributed by atoms with E-state index in [0.29, 0.717) is 0 Å². The van der Waals surface area contributed by atoms with Gasteiger partial charge in [-0.05, 0) is 12.1 Å². The zero-order valence-electron chi connectivity index (χ0n) is 13.0. The minimum absolute atomic E-state index is 0.0675. The van der Waals surface area contributed by atoms with Crippen molar-refractivity contribution in [2.75, 3.05) is 7.05 Å². The predicted molar refractivity (Wildman–Crippen MR) is 81.4 cm³/mol. The van der Waals surface area contributed by atoms with Gasteiger partial charge in [-0.2, -0.15) is 5.10 Å². The van der Waals surface area contributed by atoms with Crippen LogP contribution >= 0.6 is 0 Å². The summed E-state index contributed by atoms with van der Waals surface area (Å²) in [5, 5.41) is 7.76. The fourth-order valence-corrected chi connectivity index (χ4v) is 2.76. The van der Waals surface area contributed by atoms with Crippen LogP contribution in [0.3, 0.4) is 0 Å². The zero-order chi connectivity index (χ0) is 17.3. The van der Waals surface area contributed by atoms with Crippen molar-refractivity contribution in [1.82, 2.24) is 21.2 Å². The molecule has 1 aromatic rings. The number of rotatable bonds is 3. The van der Waals surface area contributed by atoms with Gasteiger partial charge >= 0.3 is 0 Å². The van der Waals surface area contributed by atoms with E-state index in [1.807, 2.05) is 0 Å². The second-order valence-electron chi connectivity index (χ2n) is 5.70. The molecular weight excluding hydrogens is 320 g/mol. The van der Waals surface area contributed by atoms with E-state index in [4.69, 9.17) is 0 Å². The van der Waals surface area contributed by atoms with E-state index in [2.05, 4.69) is 21.3 Å².